The Morgan fingerprint density at radius 3 is 2.83 bits per heavy atom. The monoisotopic (exact) mass is 316 g/mol. The van der Waals surface area contributed by atoms with Gasteiger partial charge in [0, 0.05) is 6.07 Å². The van der Waals surface area contributed by atoms with Crippen molar-refractivity contribution in [3.05, 3.63) is 16.4 Å². The van der Waals surface area contributed by atoms with Crippen LogP contribution in [0, 0.1) is 5.92 Å². The van der Waals surface area contributed by atoms with Crippen molar-refractivity contribution in [1.29, 1.82) is 0 Å². The van der Waals surface area contributed by atoms with Crippen LogP contribution in [0.1, 0.15) is 25.9 Å². The quantitative estimate of drug-likeness (QED) is 0.862. The molecule has 0 aromatic carbocycles. The molecule has 2 heterocycles. The van der Waals surface area contributed by atoms with Gasteiger partial charge >= 0.3 is 5.97 Å². The Kier molecular flexibility index (Phi) is 3.40. The molecule has 18 heavy (non-hydrogen) atoms. The van der Waals surface area contributed by atoms with E-state index in [1.54, 1.807) is 6.07 Å². The van der Waals surface area contributed by atoms with E-state index in [0.717, 1.165) is 5.01 Å². The standard InChI is InChI=1S/C10H13BrN4O3/c1-5(2)9-6-3-7(11)12-15(6)10(18)14(13-9)4-8(16)17/h3,5,10,18H,4H2,1-2H3,(H,16,17). The molecule has 1 aliphatic heterocycles. The number of hydrogen-bond donors (Lipinski definition) is 2. The largest absolute Gasteiger partial charge is 0.480 e. The number of halogens is 1. The van der Waals surface area contributed by atoms with Crippen LogP contribution in [0.4, 0.5) is 0 Å². The summed E-state index contributed by atoms with van der Waals surface area (Å²) in [6, 6.07) is 1.75. The van der Waals surface area contributed by atoms with Gasteiger partial charge in [-0.1, -0.05) is 13.8 Å². The highest BCUT2D eigenvalue weighted by molar-refractivity contribution is 9.10. The Hall–Kier alpha value is -1.41. The maximum absolute atomic E-state index is 10.7. The third-order valence-electron chi connectivity index (χ3n) is 2.53. The fourth-order valence-corrected chi connectivity index (χ4v) is 2.15. The first-order valence-electron chi connectivity index (χ1n) is 5.40. The second-order valence-electron chi connectivity index (χ2n) is 4.27. The molecule has 1 aliphatic rings. The van der Waals surface area contributed by atoms with Crippen LogP contribution >= 0.6 is 15.9 Å². The molecule has 2 N–H and O–H groups in total. The van der Waals surface area contributed by atoms with Crippen molar-refractivity contribution in [3.8, 4) is 0 Å². The van der Waals surface area contributed by atoms with Gasteiger partial charge in [-0.05, 0) is 21.8 Å². The van der Waals surface area contributed by atoms with Gasteiger partial charge in [0.15, 0.2) is 0 Å². The lowest BCUT2D eigenvalue weighted by Gasteiger charge is -2.31. The van der Waals surface area contributed by atoms with Crippen LogP contribution in [-0.4, -0.2) is 43.2 Å². The van der Waals surface area contributed by atoms with Gasteiger partial charge in [-0.3, -0.25) is 4.79 Å². The van der Waals surface area contributed by atoms with E-state index in [9.17, 15) is 9.90 Å². The molecule has 0 aliphatic carbocycles. The number of aliphatic carboxylic acids is 1. The summed E-state index contributed by atoms with van der Waals surface area (Å²) in [5, 5.41) is 28.2. The number of aromatic nitrogens is 2. The van der Waals surface area contributed by atoms with E-state index >= 15 is 0 Å². The molecular formula is C10H13BrN4O3. The predicted molar refractivity (Wildman–Crippen MR) is 66.9 cm³/mol. The maximum atomic E-state index is 10.7. The lowest BCUT2D eigenvalue weighted by molar-refractivity contribution is -0.145. The number of aliphatic hydroxyl groups is 1. The first kappa shape index (κ1) is 13.0. The average molecular weight is 317 g/mol. The van der Waals surface area contributed by atoms with Crippen LogP contribution < -0.4 is 0 Å². The Labute approximate surface area is 112 Å². The van der Waals surface area contributed by atoms with E-state index < -0.39 is 12.3 Å². The number of fused-ring (bicyclic) bond motifs is 1. The highest BCUT2D eigenvalue weighted by Crippen LogP contribution is 2.25. The summed E-state index contributed by atoms with van der Waals surface area (Å²) < 4.78 is 1.93. The Balaban J connectivity index is 2.45. The number of aliphatic hydroxyl groups excluding tert-OH is 1. The lowest BCUT2D eigenvalue weighted by Crippen LogP contribution is -2.40. The van der Waals surface area contributed by atoms with E-state index in [2.05, 4.69) is 26.1 Å². The molecule has 0 saturated heterocycles. The van der Waals surface area contributed by atoms with Crippen molar-refractivity contribution in [2.45, 2.75) is 20.2 Å². The topological polar surface area (TPSA) is 91.0 Å². The van der Waals surface area contributed by atoms with Gasteiger partial charge in [-0.25, -0.2) is 9.69 Å². The van der Waals surface area contributed by atoms with Gasteiger partial charge < -0.3 is 10.2 Å². The molecule has 0 bridgehead atoms. The molecule has 1 aromatic heterocycles. The third kappa shape index (κ3) is 2.25. The number of rotatable bonds is 3. The van der Waals surface area contributed by atoms with Crippen LogP contribution in [0.2, 0.25) is 0 Å². The third-order valence-corrected chi connectivity index (χ3v) is 2.92. The number of hydrazone groups is 1. The van der Waals surface area contributed by atoms with Crippen LogP contribution in [0.15, 0.2) is 15.8 Å². The molecule has 98 valence electrons. The molecule has 1 aromatic rings. The fourth-order valence-electron chi connectivity index (χ4n) is 1.77. The highest BCUT2D eigenvalue weighted by atomic mass is 79.9. The molecule has 0 saturated carbocycles. The molecule has 0 radical (unpaired) electrons. The normalized spacial score (nSPS) is 18.8. The van der Waals surface area contributed by atoms with Gasteiger partial charge in [0.05, 0.1) is 11.4 Å². The van der Waals surface area contributed by atoms with E-state index in [1.807, 2.05) is 13.8 Å². The van der Waals surface area contributed by atoms with E-state index in [0.29, 0.717) is 16.0 Å². The summed E-state index contributed by atoms with van der Waals surface area (Å²) in [4.78, 5) is 10.7. The average Bonchev–Trinajstić information content (AvgIpc) is 2.63. The number of carboxylic acid groups (broad SMARTS) is 1. The van der Waals surface area contributed by atoms with Gasteiger partial charge in [0.25, 0.3) is 0 Å². The molecule has 1 unspecified atom stereocenters. The molecular weight excluding hydrogens is 304 g/mol. The smallest absolute Gasteiger partial charge is 0.325 e. The second-order valence-corrected chi connectivity index (χ2v) is 5.09. The first-order chi connectivity index (χ1) is 8.40. The zero-order valence-corrected chi connectivity index (χ0v) is 11.5. The Morgan fingerprint density at radius 2 is 2.28 bits per heavy atom. The molecule has 0 spiro atoms. The number of hydrogen-bond acceptors (Lipinski definition) is 5. The second kappa shape index (κ2) is 4.69. The van der Waals surface area contributed by atoms with Crippen LogP contribution in [0.3, 0.4) is 0 Å². The van der Waals surface area contributed by atoms with E-state index in [1.165, 1.54) is 4.68 Å². The van der Waals surface area contributed by atoms with Crippen LogP contribution in [-0.2, 0) is 4.79 Å². The summed E-state index contributed by atoms with van der Waals surface area (Å²) in [5.41, 5.74) is 1.38. The van der Waals surface area contributed by atoms with Gasteiger partial charge in [-0.2, -0.15) is 10.2 Å². The molecule has 0 amide bonds. The van der Waals surface area contributed by atoms with Crippen molar-refractivity contribution in [1.82, 2.24) is 14.8 Å². The SMILES string of the molecule is CC(C)C1=NN(CC(=O)O)C(O)n2nc(Br)cc21. The van der Waals surface area contributed by atoms with Crippen molar-refractivity contribution < 1.29 is 15.0 Å². The van der Waals surface area contributed by atoms with E-state index in [4.69, 9.17) is 5.11 Å². The number of carbonyl (C=O) groups is 1. The Morgan fingerprint density at radius 1 is 1.61 bits per heavy atom. The summed E-state index contributed by atoms with van der Waals surface area (Å²) >= 11 is 3.23. The zero-order valence-electron chi connectivity index (χ0n) is 9.91. The minimum atomic E-state index is -1.20. The molecule has 2 rings (SSSR count). The summed E-state index contributed by atoms with van der Waals surface area (Å²) in [6.07, 6.45) is -1.20. The summed E-state index contributed by atoms with van der Waals surface area (Å²) in [7, 11) is 0. The zero-order chi connectivity index (χ0) is 13.4. The van der Waals surface area contributed by atoms with Crippen LogP contribution in [0.5, 0.6) is 0 Å². The summed E-state index contributed by atoms with van der Waals surface area (Å²) in [6.45, 7) is 3.51. The number of nitrogens with zero attached hydrogens (tertiary/aromatic N) is 4. The minimum absolute atomic E-state index is 0.0937. The van der Waals surface area contributed by atoms with Gasteiger partial charge in [-0.15, -0.1) is 0 Å². The van der Waals surface area contributed by atoms with Gasteiger partial charge in [0.1, 0.15) is 11.1 Å². The minimum Gasteiger partial charge on any atom is -0.480 e. The van der Waals surface area contributed by atoms with Crippen molar-refractivity contribution in [2.75, 3.05) is 6.54 Å². The fraction of sp³-hybridized carbons (Fsp3) is 0.500. The highest BCUT2D eigenvalue weighted by Gasteiger charge is 2.30. The van der Waals surface area contributed by atoms with Crippen LogP contribution in [0.25, 0.3) is 0 Å². The Bertz CT molecular complexity index is 511. The predicted octanol–water partition coefficient (Wildman–Crippen LogP) is 0.854. The summed E-state index contributed by atoms with van der Waals surface area (Å²) in [5.74, 6) is -0.966. The van der Waals surface area contributed by atoms with Gasteiger partial charge in [0.2, 0.25) is 6.35 Å². The van der Waals surface area contributed by atoms with Crippen molar-refractivity contribution in [3.63, 3.8) is 0 Å². The maximum Gasteiger partial charge on any atom is 0.325 e. The molecule has 8 heteroatoms. The van der Waals surface area contributed by atoms with Crippen molar-refractivity contribution >= 4 is 27.6 Å². The van der Waals surface area contributed by atoms with E-state index in [-0.39, 0.29) is 12.5 Å². The molecule has 0 fully saturated rings. The lowest BCUT2D eigenvalue weighted by atomic mass is 10.1. The van der Waals surface area contributed by atoms with Crippen molar-refractivity contribution in [2.24, 2.45) is 11.0 Å². The molecule has 1 atom stereocenters. The first-order valence-corrected chi connectivity index (χ1v) is 6.20. The molecule has 7 nitrogen and oxygen atoms in total. The number of carboxylic acids is 1.